The van der Waals surface area contributed by atoms with Gasteiger partial charge in [-0.05, 0) is 78.6 Å². The molecule has 53 heavy (non-hydrogen) atoms. The first-order valence-corrected chi connectivity index (χ1v) is 24.4. The van der Waals surface area contributed by atoms with Crippen molar-refractivity contribution in [3.05, 3.63) is 0 Å². The highest BCUT2D eigenvalue weighted by Gasteiger charge is 2.44. The second kappa shape index (κ2) is 31.0. The second-order valence-electron chi connectivity index (χ2n) is 16.9. The van der Waals surface area contributed by atoms with Crippen molar-refractivity contribution in [1.29, 1.82) is 0 Å². The first-order chi connectivity index (χ1) is 24.7. The Labute approximate surface area is 336 Å². The molecule has 0 aliphatic rings. The van der Waals surface area contributed by atoms with Gasteiger partial charge < -0.3 is 32.7 Å². The SMILES string of the molecule is CCCC[N+](C)(CC)C(CC)(CC)CCC.CCCC[N+](C)(CC)C(CC)(CC)CCC.CCCC[N+](C)(CC)C(CC)(CC)CCC.O=P([O-])([O-])[O-]. The Morgan fingerprint density at radius 3 is 0.642 bits per heavy atom. The number of hydrogen-bond acceptors (Lipinski definition) is 4. The van der Waals surface area contributed by atoms with Gasteiger partial charge in [-0.15, -0.1) is 0 Å². The van der Waals surface area contributed by atoms with Crippen LogP contribution in [0.4, 0.5) is 0 Å². The van der Waals surface area contributed by atoms with E-state index >= 15 is 0 Å². The zero-order valence-corrected chi connectivity index (χ0v) is 40.8. The Morgan fingerprint density at radius 1 is 0.377 bits per heavy atom. The summed E-state index contributed by atoms with van der Waals surface area (Å²) in [6.45, 7) is 43.2. The smallest absolute Gasteiger partial charge is 0.0984 e. The predicted octanol–water partition coefficient (Wildman–Crippen LogP) is 11.0. The van der Waals surface area contributed by atoms with Crippen LogP contribution >= 0.6 is 7.82 Å². The lowest BCUT2D eigenvalue weighted by Gasteiger charge is -2.51. The van der Waals surface area contributed by atoms with E-state index in [1.165, 1.54) is 168 Å². The molecule has 0 aromatic carbocycles. The van der Waals surface area contributed by atoms with Crippen molar-refractivity contribution >= 4 is 7.82 Å². The summed E-state index contributed by atoms with van der Waals surface area (Å²) in [4.78, 5) is 25.6. The highest BCUT2D eigenvalue weighted by atomic mass is 31.2. The van der Waals surface area contributed by atoms with E-state index in [0.29, 0.717) is 16.6 Å². The van der Waals surface area contributed by atoms with Crippen molar-refractivity contribution in [3.63, 3.8) is 0 Å². The minimum atomic E-state index is -5.39. The number of nitrogens with zero attached hydrogens (tertiary/aromatic N) is 3. The maximum absolute atomic E-state index is 8.55. The normalized spacial score (nSPS) is 15.7. The molecule has 0 aromatic rings. The number of quaternary nitrogens is 3. The van der Waals surface area contributed by atoms with Crippen LogP contribution in [0.2, 0.25) is 0 Å². The zero-order valence-electron chi connectivity index (χ0n) is 39.9. The Kier molecular flexibility index (Phi) is 35.0. The Morgan fingerprint density at radius 2 is 0.547 bits per heavy atom. The lowest BCUT2D eigenvalue weighted by atomic mass is 9.83. The van der Waals surface area contributed by atoms with E-state index in [9.17, 15) is 0 Å². The van der Waals surface area contributed by atoms with Crippen LogP contribution in [-0.2, 0) is 4.57 Å². The molecule has 8 heteroatoms. The monoisotopic (exact) mass is 780 g/mol. The molecule has 0 fully saturated rings. The molecule has 0 N–H and O–H groups in total. The van der Waals surface area contributed by atoms with E-state index in [-0.39, 0.29) is 0 Å². The van der Waals surface area contributed by atoms with Crippen LogP contribution in [0.1, 0.15) is 219 Å². The first kappa shape index (κ1) is 59.7. The molecule has 0 saturated carbocycles. The third-order valence-electron chi connectivity index (χ3n) is 14.6. The van der Waals surface area contributed by atoms with E-state index in [0.717, 1.165) is 0 Å². The molecule has 3 unspecified atom stereocenters. The van der Waals surface area contributed by atoms with Gasteiger partial charge in [-0.2, -0.15) is 7.82 Å². The zero-order chi connectivity index (χ0) is 42.5. The quantitative estimate of drug-likeness (QED) is 0.0614. The van der Waals surface area contributed by atoms with Crippen LogP contribution in [0.15, 0.2) is 0 Å². The van der Waals surface area contributed by atoms with Crippen LogP contribution < -0.4 is 14.7 Å². The maximum Gasteiger partial charge on any atom is 0.0984 e. The molecule has 0 aromatic heterocycles. The van der Waals surface area contributed by atoms with Crippen LogP contribution in [0.25, 0.3) is 0 Å². The second-order valence-corrected chi connectivity index (χ2v) is 17.8. The van der Waals surface area contributed by atoms with Crippen molar-refractivity contribution < 1.29 is 32.7 Å². The molecule has 0 amide bonds. The molecular weight excluding hydrogens is 677 g/mol. The summed E-state index contributed by atoms with van der Waals surface area (Å²) in [6.07, 6.45) is 24.1. The Hall–Kier alpha value is -0.0100. The standard InChI is InChI=1S/3C15H34N.H3O4P/c3*1-7-12-14-16(6,11-5)15(9-3,10-4)13-8-2;1-5(2,3)4/h3*7-14H2,1-6H3;(H3,1,2,3,4)/q3*+1;/p-3. The molecule has 0 radical (unpaired) electrons. The number of unbranched alkanes of at least 4 members (excludes halogenated alkanes) is 3. The van der Waals surface area contributed by atoms with Gasteiger partial charge in [0.25, 0.3) is 0 Å². The van der Waals surface area contributed by atoms with E-state index < -0.39 is 7.82 Å². The van der Waals surface area contributed by atoms with Gasteiger partial charge in [-0.25, -0.2) is 0 Å². The molecule has 0 aliphatic carbocycles. The number of phosphoric acid groups is 1. The molecule has 3 atom stereocenters. The van der Waals surface area contributed by atoms with Gasteiger partial charge in [-0.3, -0.25) is 0 Å². The summed E-state index contributed by atoms with van der Waals surface area (Å²) in [5.41, 5.74) is 1.58. The third kappa shape index (κ3) is 19.8. The lowest BCUT2D eigenvalue weighted by Crippen LogP contribution is -2.61. The largest absolute Gasteiger partial charge is 0.822 e. The molecular formula is C45H102N3O4P. The number of hydrogen-bond donors (Lipinski definition) is 0. The highest BCUT2D eigenvalue weighted by molar-refractivity contribution is 7.40. The summed E-state index contributed by atoms with van der Waals surface area (Å²) in [7, 11) is 2.06. The van der Waals surface area contributed by atoms with Crippen LogP contribution in [0, 0.1) is 0 Å². The van der Waals surface area contributed by atoms with Gasteiger partial charge in [0.2, 0.25) is 0 Å². The van der Waals surface area contributed by atoms with Crippen molar-refractivity contribution in [3.8, 4) is 0 Å². The van der Waals surface area contributed by atoms with E-state index in [2.05, 4.69) is 125 Å². The molecule has 0 aliphatic heterocycles. The van der Waals surface area contributed by atoms with Gasteiger partial charge in [-0.1, -0.05) is 122 Å². The molecule has 0 heterocycles. The van der Waals surface area contributed by atoms with Gasteiger partial charge in [0.1, 0.15) is 0 Å². The molecule has 326 valence electrons. The summed E-state index contributed by atoms with van der Waals surface area (Å²) < 4.78 is 12.4. The van der Waals surface area contributed by atoms with Gasteiger partial charge >= 0.3 is 0 Å². The first-order valence-electron chi connectivity index (χ1n) is 22.9. The summed E-state index contributed by atoms with van der Waals surface area (Å²) in [5, 5.41) is 0. The highest BCUT2D eigenvalue weighted by Crippen LogP contribution is 2.37. The van der Waals surface area contributed by atoms with E-state index in [4.69, 9.17) is 19.2 Å². The molecule has 0 spiro atoms. The lowest BCUT2D eigenvalue weighted by molar-refractivity contribution is -0.959. The molecule has 0 bridgehead atoms. The fourth-order valence-electron chi connectivity index (χ4n) is 10.0. The van der Waals surface area contributed by atoms with Crippen LogP contribution in [0.3, 0.4) is 0 Å². The van der Waals surface area contributed by atoms with E-state index in [1.54, 1.807) is 0 Å². The average Bonchev–Trinajstić information content (AvgIpc) is 3.15. The van der Waals surface area contributed by atoms with Gasteiger partial charge in [0.15, 0.2) is 0 Å². The van der Waals surface area contributed by atoms with Crippen molar-refractivity contribution in [1.82, 2.24) is 0 Å². The van der Waals surface area contributed by atoms with Gasteiger partial charge in [0.05, 0.1) is 77.0 Å². The minimum Gasteiger partial charge on any atom is -0.822 e. The molecule has 0 rings (SSSR count). The summed E-state index contributed by atoms with van der Waals surface area (Å²) in [6, 6.07) is 0. The maximum atomic E-state index is 8.55. The Balaban J connectivity index is -0.000000318. The van der Waals surface area contributed by atoms with Crippen molar-refractivity contribution in [2.45, 2.75) is 236 Å². The van der Waals surface area contributed by atoms with E-state index in [1.807, 2.05) is 0 Å². The topological polar surface area (TPSA) is 86.2 Å². The molecule has 7 nitrogen and oxygen atoms in total. The van der Waals surface area contributed by atoms with Crippen LogP contribution in [-0.4, -0.2) is 90.5 Å². The minimum absolute atomic E-state index is 0.526. The predicted molar refractivity (Wildman–Crippen MR) is 232 cm³/mol. The van der Waals surface area contributed by atoms with Gasteiger partial charge in [0, 0.05) is 19.3 Å². The average molecular weight is 780 g/mol. The summed E-state index contributed by atoms with van der Waals surface area (Å²) in [5.74, 6) is 0. The fourth-order valence-corrected chi connectivity index (χ4v) is 10.0. The number of rotatable bonds is 27. The Bertz CT molecular complexity index is 768. The fraction of sp³-hybridized carbons (Fsp3) is 1.00. The van der Waals surface area contributed by atoms with Crippen molar-refractivity contribution in [2.24, 2.45) is 0 Å². The van der Waals surface area contributed by atoms with Crippen molar-refractivity contribution in [2.75, 3.05) is 60.4 Å². The molecule has 0 saturated heterocycles. The third-order valence-corrected chi connectivity index (χ3v) is 14.6. The summed E-state index contributed by atoms with van der Waals surface area (Å²) >= 11 is 0. The van der Waals surface area contributed by atoms with Crippen LogP contribution in [0.5, 0.6) is 0 Å².